The molecule has 0 spiro atoms. The van der Waals surface area contributed by atoms with Crippen LogP contribution in [0.2, 0.25) is 0 Å². The van der Waals surface area contributed by atoms with Gasteiger partial charge in [-0.1, -0.05) is 13.3 Å². The molecule has 1 amide bonds. The largest absolute Gasteiger partial charge is 0.396 e. The van der Waals surface area contributed by atoms with Crippen molar-refractivity contribution in [2.24, 2.45) is 0 Å². The molecule has 5 nitrogen and oxygen atoms in total. The number of nitrogen functional groups attached to an aromatic ring is 1. The lowest BCUT2D eigenvalue weighted by Crippen LogP contribution is -2.21. The second-order valence-electron chi connectivity index (χ2n) is 4.61. The summed E-state index contributed by atoms with van der Waals surface area (Å²) in [5.41, 5.74) is 6.64. The van der Waals surface area contributed by atoms with E-state index < -0.39 is 0 Å². The van der Waals surface area contributed by atoms with Gasteiger partial charge in [-0.15, -0.1) is 11.3 Å². The van der Waals surface area contributed by atoms with Crippen LogP contribution >= 0.6 is 11.3 Å². The maximum absolute atomic E-state index is 12.0. The van der Waals surface area contributed by atoms with Gasteiger partial charge in [-0.2, -0.15) is 5.26 Å². The number of carbonyl (C=O) groups is 1. The third-order valence-corrected chi connectivity index (χ3v) is 4.14. The molecule has 0 bridgehead atoms. The van der Waals surface area contributed by atoms with Gasteiger partial charge in [0.25, 0.3) is 5.91 Å². The molecule has 0 fully saturated rings. The van der Waals surface area contributed by atoms with Crippen LogP contribution in [0.3, 0.4) is 0 Å². The number of nitriles is 1. The molecular weight excluding hydrogens is 260 g/mol. The predicted molar refractivity (Wildman–Crippen MR) is 79.6 cm³/mol. The van der Waals surface area contributed by atoms with E-state index in [1.165, 1.54) is 16.2 Å². The minimum absolute atomic E-state index is 0.158. The van der Waals surface area contributed by atoms with E-state index in [4.69, 9.17) is 5.73 Å². The monoisotopic (exact) mass is 280 g/mol. The molecule has 19 heavy (non-hydrogen) atoms. The van der Waals surface area contributed by atoms with E-state index >= 15 is 0 Å². The molecule has 1 aromatic rings. The van der Waals surface area contributed by atoms with Crippen LogP contribution in [0.5, 0.6) is 0 Å². The first-order valence-corrected chi connectivity index (χ1v) is 7.00. The molecule has 104 valence electrons. The van der Waals surface area contributed by atoms with Gasteiger partial charge in [-0.3, -0.25) is 4.79 Å². The molecule has 0 aliphatic rings. The quantitative estimate of drug-likeness (QED) is 0.896. The van der Waals surface area contributed by atoms with E-state index in [-0.39, 0.29) is 5.91 Å². The lowest BCUT2D eigenvalue weighted by atomic mass is 10.2. The average Bonchev–Trinajstić information content (AvgIpc) is 2.71. The van der Waals surface area contributed by atoms with Crippen LogP contribution < -0.4 is 10.6 Å². The van der Waals surface area contributed by atoms with Gasteiger partial charge in [0, 0.05) is 27.7 Å². The number of hydrogen-bond acceptors (Lipinski definition) is 5. The zero-order valence-corrected chi connectivity index (χ0v) is 12.7. The summed E-state index contributed by atoms with van der Waals surface area (Å²) in [6.07, 6.45) is 2.12. The standard InChI is InChI=1S/C13H20N4OS/c1-5-6-7-17(4)13-9(8-14)10(15)11(19-13)12(18)16(2)3/h5-7,15H2,1-4H3. The van der Waals surface area contributed by atoms with Gasteiger partial charge >= 0.3 is 0 Å². The van der Waals surface area contributed by atoms with Gasteiger partial charge in [0.05, 0.1) is 5.69 Å². The Bertz CT molecular complexity index is 501. The fraction of sp³-hybridized carbons (Fsp3) is 0.538. The summed E-state index contributed by atoms with van der Waals surface area (Å²) in [5.74, 6) is -0.158. The first kappa shape index (κ1) is 15.3. The van der Waals surface area contributed by atoms with Gasteiger partial charge in [0.1, 0.15) is 21.5 Å². The highest BCUT2D eigenvalue weighted by Gasteiger charge is 2.23. The molecule has 0 saturated heterocycles. The van der Waals surface area contributed by atoms with Gasteiger partial charge in [0.2, 0.25) is 0 Å². The number of unbranched alkanes of at least 4 members (excludes halogenated alkanes) is 1. The van der Waals surface area contributed by atoms with Crippen molar-refractivity contribution in [3.8, 4) is 6.07 Å². The van der Waals surface area contributed by atoms with Crippen molar-refractivity contribution >= 4 is 27.9 Å². The molecule has 0 unspecified atom stereocenters. The van der Waals surface area contributed by atoms with Crippen molar-refractivity contribution in [1.29, 1.82) is 5.26 Å². The van der Waals surface area contributed by atoms with E-state index in [0.29, 0.717) is 16.1 Å². The Morgan fingerprint density at radius 3 is 2.53 bits per heavy atom. The summed E-state index contributed by atoms with van der Waals surface area (Å²) in [5, 5.41) is 10.0. The number of thiophene rings is 1. The number of nitrogens with two attached hydrogens (primary N) is 1. The normalized spacial score (nSPS) is 10.1. The minimum atomic E-state index is -0.158. The van der Waals surface area contributed by atoms with Crippen LogP contribution in [0.4, 0.5) is 10.7 Å². The molecule has 0 atom stereocenters. The fourth-order valence-corrected chi connectivity index (χ4v) is 2.85. The number of nitrogens with zero attached hydrogens (tertiary/aromatic N) is 3. The van der Waals surface area contributed by atoms with Crippen molar-refractivity contribution < 1.29 is 4.79 Å². The van der Waals surface area contributed by atoms with E-state index in [9.17, 15) is 10.1 Å². The Balaban J connectivity index is 3.16. The lowest BCUT2D eigenvalue weighted by Gasteiger charge is -2.16. The van der Waals surface area contributed by atoms with Crippen molar-refractivity contribution in [3.05, 3.63) is 10.4 Å². The smallest absolute Gasteiger partial charge is 0.265 e. The van der Waals surface area contributed by atoms with Crippen LogP contribution in [0, 0.1) is 11.3 Å². The van der Waals surface area contributed by atoms with Gasteiger partial charge in [-0.25, -0.2) is 0 Å². The van der Waals surface area contributed by atoms with Crippen molar-refractivity contribution in [2.45, 2.75) is 19.8 Å². The Morgan fingerprint density at radius 1 is 1.42 bits per heavy atom. The number of anilines is 2. The Kier molecular flexibility index (Phi) is 5.19. The number of amides is 1. The summed E-state index contributed by atoms with van der Waals surface area (Å²) in [4.78, 5) is 15.9. The summed E-state index contributed by atoms with van der Waals surface area (Å²) in [6.45, 7) is 2.96. The lowest BCUT2D eigenvalue weighted by molar-refractivity contribution is 0.0833. The molecule has 1 aromatic heterocycles. The third-order valence-electron chi connectivity index (χ3n) is 2.83. The Hall–Kier alpha value is -1.74. The van der Waals surface area contributed by atoms with Crippen molar-refractivity contribution in [2.75, 3.05) is 38.3 Å². The molecular formula is C13H20N4OS. The molecule has 1 heterocycles. The highest BCUT2D eigenvalue weighted by molar-refractivity contribution is 7.19. The zero-order valence-electron chi connectivity index (χ0n) is 11.9. The summed E-state index contributed by atoms with van der Waals surface area (Å²) >= 11 is 1.29. The Morgan fingerprint density at radius 2 is 2.05 bits per heavy atom. The van der Waals surface area contributed by atoms with Crippen LogP contribution in [-0.2, 0) is 0 Å². The molecule has 0 aliphatic carbocycles. The first-order valence-electron chi connectivity index (χ1n) is 6.19. The second kappa shape index (κ2) is 6.43. The van der Waals surface area contributed by atoms with Crippen LogP contribution in [0.1, 0.15) is 35.0 Å². The first-order chi connectivity index (χ1) is 8.93. The molecule has 2 N–H and O–H groups in total. The molecule has 6 heteroatoms. The molecule has 0 saturated carbocycles. The maximum atomic E-state index is 12.0. The fourth-order valence-electron chi connectivity index (χ4n) is 1.67. The summed E-state index contributed by atoms with van der Waals surface area (Å²) < 4.78 is 0. The zero-order chi connectivity index (χ0) is 14.6. The van der Waals surface area contributed by atoms with E-state index in [0.717, 1.165) is 24.4 Å². The molecule has 1 rings (SSSR count). The van der Waals surface area contributed by atoms with E-state index in [1.54, 1.807) is 14.1 Å². The van der Waals surface area contributed by atoms with Gasteiger partial charge < -0.3 is 15.5 Å². The highest BCUT2D eigenvalue weighted by Crippen LogP contribution is 2.37. The number of rotatable bonds is 5. The minimum Gasteiger partial charge on any atom is -0.396 e. The predicted octanol–water partition coefficient (Wildman–Crippen LogP) is 2.14. The summed E-state index contributed by atoms with van der Waals surface area (Å²) in [6, 6.07) is 2.11. The summed E-state index contributed by atoms with van der Waals surface area (Å²) in [7, 11) is 5.27. The average molecular weight is 280 g/mol. The molecule has 0 aromatic carbocycles. The van der Waals surface area contributed by atoms with Crippen molar-refractivity contribution in [1.82, 2.24) is 4.90 Å². The van der Waals surface area contributed by atoms with Crippen LogP contribution in [0.15, 0.2) is 0 Å². The Labute approximate surface area is 118 Å². The van der Waals surface area contributed by atoms with Crippen molar-refractivity contribution in [3.63, 3.8) is 0 Å². The van der Waals surface area contributed by atoms with E-state index in [1.807, 2.05) is 11.9 Å². The van der Waals surface area contributed by atoms with Crippen LogP contribution in [-0.4, -0.2) is 38.5 Å². The number of hydrogen-bond donors (Lipinski definition) is 1. The maximum Gasteiger partial charge on any atom is 0.265 e. The van der Waals surface area contributed by atoms with Gasteiger partial charge in [-0.05, 0) is 6.42 Å². The third kappa shape index (κ3) is 3.18. The van der Waals surface area contributed by atoms with Gasteiger partial charge in [0.15, 0.2) is 0 Å². The second-order valence-corrected chi connectivity index (χ2v) is 5.61. The molecule has 0 aliphatic heterocycles. The van der Waals surface area contributed by atoms with Crippen LogP contribution in [0.25, 0.3) is 0 Å². The van der Waals surface area contributed by atoms with E-state index in [2.05, 4.69) is 13.0 Å². The topological polar surface area (TPSA) is 73.4 Å². The SMILES string of the molecule is CCCCN(C)c1sc(C(=O)N(C)C)c(N)c1C#N. The number of carbonyl (C=O) groups excluding carboxylic acids is 1. The molecule has 0 radical (unpaired) electrons. The highest BCUT2D eigenvalue weighted by atomic mass is 32.1.